The lowest BCUT2D eigenvalue weighted by molar-refractivity contribution is 0.0726. The van der Waals surface area contributed by atoms with Crippen LogP contribution in [0.5, 0.6) is 5.75 Å². The second kappa shape index (κ2) is 4.82. The number of imidazole rings is 1. The quantitative estimate of drug-likeness (QED) is 0.812. The van der Waals surface area contributed by atoms with Crippen molar-refractivity contribution in [2.24, 2.45) is 0 Å². The summed E-state index contributed by atoms with van der Waals surface area (Å²) in [4.78, 5) is 15.8. The minimum absolute atomic E-state index is 0.134. The number of aryl methyl sites for hydroxylation is 1. The van der Waals surface area contributed by atoms with E-state index in [0.717, 1.165) is 11.3 Å². The van der Waals surface area contributed by atoms with Gasteiger partial charge in [0.15, 0.2) is 6.10 Å². The minimum Gasteiger partial charge on any atom is -0.481 e. The monoisotopic (exact) mass is 230 g/mol. The maximum absolute atomic E-state index is 11.9. The molecule has 1 aromatic heterocycles. The Morgan fingerprint density at radius 2 is 2.18 bits per heavy atom. The molecule has 4 heteroatoms. The van der Waals surface area contributed by atoms with Crippen molar-refractivity contribution in [3.63, 3.8) is 0 Å². The second-order valence-electron chi connectivity index (χ2n) is 3.83. The van der Waals surface area contributed by atoms with E-state index in [4.69, 9.17) is 4.74 Å². The molecule has 88 valence electrons. The summed E-state index contributed by atoms with van der Waals surface area (Å²) in [5, 5.41) is 0. The first kappa shape index (κ1) is 11.4. The van der Waals surface area contributed by atoms with E-state index in [-0.39, 0.29) is 5.91 Å². The van der Waals surface area contributed by atoms with Crippen LogP contribution < -0.4 is 4.74 Å². The summed E-state index contributed by atoms with van der Waals surface area (Å²) < 4.78 is 7.05. The molecule has 17 heavy (non-hydrogen) atoms. The fraction of sp³-hybridized carbons (Fsp3) is 0.231. The molecule has 1 heterocycles. The van der Waals surface area contributed by atoms with E-state index in [1.807, 2.05) is 31.2 Å². The third-order valence-electron chi connectivity index (χ3n) is 2.50. The summed E-state index contributed by atoms with van der Waals surface area (Å²) in [6, 6.07) is 7.62. The summed E-state index contributed by atoms with van der Waals surface area (Å²) in [7, 11) is 0. The van der Waals surface area contributed by atoms with Gasteiger partial charge >= 0.3 is 0 Å². The zero-order chi connectivity index (χ0) is 12.3. The van der Waals surface area contributed by atoms with Crippen molar-refractivity contribution < 1.29 is 9.53 Å². The van der Waals surface area contributed by atoms with E-state index in [1.165, 1.54) is 10.9 Å². The average molecular weight is 230 g/mol. The maximum Gasteiger partial charge on any atom is 0.272 e. The van der Waals surface area contributed by atoms with Crippen molar-refractivity contribution >= 4 is 5.91 Å². The lowest BCUT2D eigenvalue weighted by Gasteiger charge is -2.15. The Morgan fingerprint density at radius 1 is 1.41 bits per heavy atom. The van der Waals surface area contributed by atoms with Gasteiger partial charge in [-0.1, -0.05) is 18.2 Å². The SMILES string of the molecule is Cc1ccccc1OC(C)C(=O)n1ccnc1. The average Bonchev–Trinajstić information content (AvgIpc) is 2.84. The number of hydrogen-bond donors (Lipinski definition) is 0. The first-order chi connectivity index (χ1) is 8.18. The van der Waals surface area contributed by atoms with Crippen LogP contribution in [-0.4, -0.2) is 21.6 Å². The molecule has 1 aromatic carbocycles. The number of para-hydroxylation sites is 1. The van der Waals surface area contributed by atoms with Crippen LogP contribution >= 0.6 is 0 Å². The molecular formula is C13H14N2O2. The number of carbonyl (C=O) groups excluding carboxylic acids is 1. The summed E-state index contributed by atoms with van der Waals surface area (Å²) in [5.41, 5.74) is 1.01. The zero-order valence-electron chi connectivity index (χ0n) is 9.83. The van der Waals surface area contributed by atoms with Crippen molar-refractivity contribution in [3.8, 4) is 5.75 Å². The molecule has 2 rings (SSSR count). The van der Waals surface area contributed by atoms with Crippen molar-refractivity contribution in [2.45, 2.75) is 20.0 Å². The minimum atomic E-state index is -0.537. The highest BCUT2D eigenvalue weighted by Gasteiger charge is 2.16. The van der Waals surface area contributed by atoms with E-state index in [1.54, 1.807) is 19.3 Å². The Kier molecular flexibility index (Phi) is 3.23. The molecule has 2 aromatic rings. The van der Waals surface area contributed by atoms with Gasteiger partial charge in [-0.15, -0.1) is 0 Å². The molecule has 0 saturated heterocycles. The number of aromatic nitrogens is 2. The molecule has 0 amide bonds. The number of carbonyl (C=O) groups is 1. The molecule has 0 aliphatic rings. The van der Waals surface area contributed by atoms with Crippen LogP contribution in [-0.2, 0) is 0 Å². The van der Waals surface area contributed by atoms with Crippen molar-refractivity contribution in [2.75, 3.05) is 0 Å². The number of nitrogens with zero attached hydrogens (tertiary/aromatic N) is 2. The summed E-state index contributed by atoms with van der Waals surface area (Å²) in [6.45, 7) is 3.68. The normalized spacial score (nSPS) is 12.1. The van der Waals surface area contributed by atoms with E-state index >= 15 is 0 Å². The Labute approximate surface area is 99.9 Å². The van der Waals surface area contributed by atoms with E-state index in [0.29, 0.717) is 0 Å². The molecule has 1 atom stereocenters. The smallest absolute Gasteiger partial charge is 0.272 e. The van der Waals surface area contributed by atoms with Gasteiger partial charge < -0.3 is 4.74 Å². The Balaban J connectivity index is 2.10. The van der Waals surface area contributed by atoms with Crippen LogP contribution in [0.4, 0.5) is 0 Å². The van der Waals surface area contributed by atoms with Crippen LogP contribution in [0.3, 0.4) is 0 Å². The largest absolute Gasteiger partial charge is 0.481 e. The second-order valence-corrected chi connectivity index (χ2v) is 3.83. The first-order valence-corrected chi connectivity index (χ1v) is 5.43. The fourth-order valence-electron chi connectivity index (χ4n) is 1.53. The van der Waals surface area contributed by atoms with Gasteiger partial charge in [-0.3, -0.25) is 9.36 Å². The maximum atomic E-state index is 11.9. The summed E-state index contributed by atoms with van der Waals surface area (Å²) in [6.07, 6.45) is 4.11. The number of ether oxygens (including phenoxy) is 1. The van der Waals surface area contributed by atoms with Crippen molar-refractivity contribution in [1.82, 2.24) is 9.55 Å². The molecule has 4 nitrogen and oxygen atoms in total. The van der Waals surface area contributed by atoms with Crippen molar-refractivity contribution in [3.05, 3.63) is 48.5 Å². The molecular weight excluding hydrogens is 216 g/mol. The molecule has 0 bridgehead atoms. The lowest BCUT2D eigenvalue weighted by atomic mass is 10.2. The summed E-state index contributed by atoms with van der Waals surface area (Å²) in [5.74, 6) is 0.596. The Morgan fingerprint density at radius 3 is 2.82 bits per heavy atom. The van der Waals surface area contributed by atoms with E-state index in [9.17, 15) is 4.79 Å². The third-order valence-corrected chi connectivity index (χ3v) is 2.50. The zero-order valence-corrected chi connectivity index (χ0v) is 9.83. The van der Waals surface area contributed by atoms with Crippen LogP contribution in [0.15, 0.2) is 43.0 Å². The van der Waals surface area contributed by atoms with Gasteiger partial charge in [0.05, 0.1) is 0 Å². The highest BCUT2D eigenvalue weighted by molar-refractivity contribution is 5.83. The molecule has 0 aliphatic carbocycles. The number of rotatable bonds is 3. The highest BCUT2D eigenvalue weighted by atomic mass is 16.5. The molecule has 0 radical (unpaired) electrons. The van der Waals surface area contributed by atoms with Crippen LogP contribution in [0.1, 0.15) is 17.3 Å². The Bertz CT molecular complexity index is 506. The predicted molar refractivity (Wildman–Crippen MR) is 64.1 cm³/mol. The standard InChI is InChI=1S/C13H14N2O2/c1-10-5-3-4-6-12(10)17-11(2)13(16)15-8-7-14-9-15/h3-9,11H,1-2H3. The van der Waals surface area contributed by atoms with Gasteiger partial charge in [0.1, 0.15) is 12.1 Å². The van der Waals surface area contributed by atoms with Crippen LogP contribution in [0.2, 0.25) is 0 Å². The highest BCUT2D eigenvalue weighted by Crippen LogP contribution is 2.18. The van der Waals surface area contributed by atoms with Gasteiger partial charge in [0, 0.05) is 12.4 Å². The van der Waals surface area contributed by atoms with Gasteiger partial charge in [0.25, 0.3) is 5.91 Å². The summed E-state index contributed by atoms with van der Waals surface area (Å²) >= 11 is 0. The Hall–Kier alpha value is -2.10. The number of hydrogen-bond acceptors (Lipinski definition) is 3. The van der Waals surface area contributed by atoms with E-state index < -0.39 is 6.10 Å². The molecule has 0 saturated carbocycles. The first-order valence-electron chi connectivity index (χ1n) is 5.43. The van der Waals surface area contributed by atoms with Gasteiger partial charge in [0.2, 0.25) is 0 Å². The third kappa shape index (κ3) is 2.53. The van der Waals surface area contributed by atoms with Gasteiger partial charge in [-0.2, -0.15) is 0 Å². The predicted octanol–water partition coefficient (Wildman–Crippen LogP) is 2.30. The fourth-order valence-corrected chi connectivity index (χ4v) is 1.53. The molecule has 0 aliphatic heterocycles. The molecule has 1 unspecified atom stereocenters. The lowest BCUT2D eigenvalue weighted by Crippen LogP contribution is -2.28. The van der Waals surface area contributed by atoms with E-state index in [2.05, 4.69) is 4.98 Å². The van der Waals surface area contributed by atoms with Crippen LogP contribution in [0, 0.1) is 6.92 Å². The molecule has 0 spiro atoms. The van der Waals surface area contributed by atoms with Gasteiger partial charge in [-0.05, 0) is 25.5 Å². The number of benzene rings is 1. The molecule has 0 fully saturated rings. The van der Waals surface area contributed by atoms with Crippen molar-refractivity contribution in [1.29, 1.82) is 0 Å². The van der Waals surface area contributed by atoms with Crippen LogP contribution in [0.25, 0.3) is 0 Å². The topological polar surface area (TPSA) is 44.1 Å². The molecule has 0 N–H and O–H groups in total. The van der Waals surface area contributed by atoms with Gasteiger partial charge in [-0.25, -0.2) is 4.98 Å².